The van der Waals surface area contributed by atoms with Gasteiger partial charge in [0.1, 0.15) is 29.5 Å². The molecule has 4 aromatic rings. The molecule has 0 unspecified atom stereocenters. The normalized spacial score (nSPS) is 13.7. The number of methoxy groups -OCH3 is 1. The van der Waals surface area contributed by atoms with Gasteiger partial charge < -0.3 is 19.7 Å². The minimum atomic E-state index is -0.817. The van der Waals surface area contributed by atoms with Crippen LogP contribution in [-0.2, 0) is 11.4 Å². The molecule has 1 N–H and O–H groups in total. The lowest BCUT2D eigenvalue weighted by Gasteiger charge is -2.39. The number of halogens is 1. The fraction of sp³-hybridized carbons (Fsp3) is 0.229. The summed E-state index contributed by atoms with van der Waals surface area (Å²) in [6.07, 6.45) is 0. The zero-order valence-electron chi connectivity index (χ0n) is 25.0. The monoisotopic (exact) mass is 580 g/mol. The van der Waals surface area contributed by atoms with E-state index in [1.165, 1.54) is 26.2 Å². The highest BCUT2D eigenvalue weighted by Crippen LogP contribution is 2.44. The third kappa shape index (κ3) is 5.60. The Hall–Kier alpha value is -4.98. The number of aryl methyl sites for hydroxylation is 1. The summed E-state index contributed by atoms with van der Waals surface area (Å²) in [5, 5.41) is 3.33. The van der Waals surface area contributed by atoms with E-state index < -0.39 is 11.4 Å². The molecule has 1 aliphatic rings. The first-order valence-electron chi connectivity index (χ1n) is 13.9. The SMILES string of the molecule is COc1cc(C(=O)c2ccc(C(C)=O)cc2)ccc1-c1ccc2c(c1COc1cc(F)ccc1C)N(C)C(=O)C(C)(C)N2. The first-order valence-corrected chi connectivity index (χ1v) is 13.9. The number of hydrogen-bond acceptors (Lipinski definition) is 6. The minimum absolute atomic E-state index is 0.0366. The van der Waals surface area contributed by atoms with Crippen LogP contribution in [0, 0.1) is 12.7 Å². The second-order valence-corrected chi connectivity index (χ2v) is 11.2. The van der Waals surface area contributed by atoms with Crippen LogP contribution in [0.4, 0.5) is 15.8 Å². The number of nitrogens with zero attached hydrogens (tertiary/aromatic N) is 1. The Bertz CT molecular complexity index is 1760. The Labute approximate surface area is 250 Å². The van der Waals surface area contributed by atoms with Crippen LogP contribution in [0.5, 0.6) is 11.5 Å². The van der Waals surface area contributed by atoms with Gasteiger partial charge in [0.25, 0.3) is 5.91 Å². The molecule has 0 bridgehead atoms. The quantitative estimate of drug-likeness (QED) is 0.226. The van der Waals surface area contributed by atoms with Crippen molar-refractivity contribution in [3.05, 3.63) is 106 Å². The highest BCUT2D eigenvalue weighted by atomic mass is 19.1. The lowest BCUT2D eigenvalue weighted by atomic mass is 9.91. The van der Waals surface area contributed by atoms with Crippen LogP contribution in [-0.4, -0.2) is 37.2 Å². The molecular weight excluding hydrogens is 547 g/mol. The molecular formula is C35H33FN2O5. The predicted molar refractivity (Wildman–Crippen MR) is 165 cm³/mol. The lowest BCUT2D eigenvalue weighted by Crippen LogP contribution is -2.52. The number of benzene rings is 4. The van der Waals surface area contributed by atoms with E-state index in [0.717, 1.165) is 16.8 Å². The molecule has 1 heterocycles. The Morgan fingerprint density at radius 1 is 0.884 bits per heavy atom. The molecule has 7 nitrogen and oxygen atoms in total. The highest BCUT2D eigenvalue weighted by molar-refractivity contribution is 6.11. The van der Waals surface area contributed by atoms with Gasteiger partial charge >= 0.3 is 0 Å². The van der Waals surface area contributed by atoms with Gasteiger partial charge in [0.2, 0.25) is 0 Å². The molecule has 4 aromatic carbocycles. The number of carbonyl (C=O) groups excluding carboxylic acids is 3. The van der Waals surface area contributed by atoms with Gasteiger partial charge in [-0.25, -0.2) is 4.39 Å². The molecule has 0 radical (unpaired) electrons. The third-order valence-electron chi connectivity index (χ3n) is 7.73. The number of Topliss-reactive ketones (excluding diaryl/α,β-unsaturated/α-hetero) is 1. The van der Waals surface area contributed by atoms with Crippen molar-refractivity contribution in [2.75, 3.05) is 24.4 Å². The molecule has 0 saturated carbocycles. The largest absolute Gasteiger partial charge is 0.496 e. The van der Waals surface area contributed by atoms with Crippen molar-refractivity contribution in [2.24, 2.45) is 0 Å². The Balaban J connectivity index is 1.60. The minimum Gasteiger partial charge on any atom is -0.496 e. The van der Waals surface area contributed by atoms with Crippen LogP contribution in [0.25, 0.3) is 11.1 Å². The first-order chi connectivity index (χ1) is 20.4. The second-order valence-electron chi connectivity index (χ2n) is 11.2. The van der Waals surface area contributed by atoms with Crippen molar-refractivity contribution < 1.29 is 28.2 Å². The van der Waals surface area contributed by atoms with Crippen LogP contribution in [0.2, 0.25) is 0 Å². The Kier molecular flexibility index (Phi) is 7.80. The van der Waals surface area contributed by atoms with Crippen LogP contribution in [0.15, 0.2) is 72.8 Å². The van der Waals surface area contributed by atoms with Crippen molar-refractivity contribution in [3.8, 4) is 22.6 Å². The van der Waals surface area contributed by atoms with Crippen molar-refractivity contribution in [1.29, 1.82) is 0 Å². The first kappa shape index (κ1) is 29.5. The van der Waals surface area contributed by atoms with E-state index in [-0.39, 0.29) is 24.1 Å². The van der Waals surface area contributed by atoms with Crippen molar-refractivity contribution >= 4 is 28.8 Å². The van der Waals surface area contributed by atoms with Crippen LogP contribution >= 0.6 is 0 Å². The number of rotatable bonds is 8. The van der Waals surface area contributed by atoms with E-state index in [0.29, 0.717) is 45.0 Å². The number of hydrogen-bond donors (Lipinski definition) is 1. The van der Waals surface area contributed by atoms with Crippen molar-refractivity contribution in [1.82, 2.24) is 0 Å². The zero-order valence-corrected chi connectivity index (χ0v) is 25.0. The standard InChI is InChI=1S/C35H33FN2O5/c1-20-7-13-25(36)18-30(20)43-19-28-26(15-16-29-32(28)38(5)34(41)35(3,4)37-29)27-14-12-24(17-31(27)42-6)33(40)23-10-8-22(9-11-23)21(2)39/h7-18,37H,19H2,1-6H3. The molecule has 5 rings (SSSR count). The van der Waals surface area contributed by atoms with E-state index >= 15 is 0 Å². The summed E-state index contributed by atoms with van der Waals surface area (Å²) in [5.41, 5.74) is 4.85. The maximum atomic E-state index is 14.1. The summed E-state index contributed by atoms with van der Waals surface area (Å²) < 4.78 is 26.0. The molecule has 0 saturated heterocycles. The fourth-order valence-corrected chi connectivity index (χ4v) is 5.39. The summed E-state index contributed by atoms with van der Waals surface area (Å²) in [4.78, 5) is 39.9. The number of nitrogens with one attached hydrogen (secondary N) is 1. The number of amides is 1. The third-order valence-corrected chi connectivity index (χ3v) is 7.73. The molecule has 0 fully saturated rings. The summed E-state index contributed by atoms with van der Waals surface area (Å²) >= 11 is 0. The molecule has 0 aliphatic carbocycles. The van der Waals surface area contributed by atoms with Gasteiger partial charge in [-0.1, -0.05) is 42.5 Å². The number of likely N-dealkylation sites (N-methyl/N-ethyl adjacent to an activating group) is 1. The average molecular weight is 581 g/mol. The Morgan fingerprint density at radius 2 is 1.53 bits per heavy atom. The molecule has 220 valence electrons. The smallest absolute Gasteiger partial charge is 0.251 e. The molecule has 0 aromatic heterocycles. The van der Waals surface area contributed by atoms with E-state index in [1.54, 1.807) is 60.5 Å². The summed E-state index contributed by atoms with van der Waals surface area (Å²) in [7, 11) is 3.25. The van der Waals surface area contributed by atoms with Gasteiger partial charge in [-0.15, -0.1) is 0 Å². The second kappa shape index (κ2) is 11.4. The van der Waals surface area contributed by atoms with Crippen LogP contribution in [0.1, 0.15) is 58.2 Å². The number of anilines is 2. The maximum Gasteiger partial charge on any atom is 0.251 e. The number of carbonyl (C=O) groups is 3. The fourth-order valence-electron chi connectivity index (χ4n) is 5.39. The number of ether oxygens (including phenoxy) is 2. The van der Waals surface area contributed by atoms with Crippen LogP contribution in [0.3, 0.4) is 0 Å². The Morgan fingerprint density at radius 3 is 2.21 bits per heavy atom. The summed E-state index contributed by atoms with van der Waals surface area (Å²) in [6, 6.07) is 19.9. The van der Waals surface area contributed by atoms with Crippen molar-refractivity contribution in [3.63, 3.8) is 0 Å². The van der Waals surface area contributed by atoms with Gasteiger partial charge in [-0.2, -0.15) is 0 Å². The maximum absolute atomic E-state index is 14.1. The van der Waals surface area contributed by atoms with Gasteiger partial charge in [0.15, 0.2) is 11.6 Å². The summed E-state index contributed by atoms with van der Waals surface area (Å²) in [6.45, 7) is 6.99. The predicted octanol–water partition coefficient (Wildman–Crippen LogP) is 6.99. The average Bonchev–Trinajstić information content (AvgIpc) is 2.99. The molecule has 8 heteroatoms. The topological polar surface area (TPSA) is 84.9 Å². The molecule has 1 aliphatic heterocycles. The molecule has 0 spiro atoms. The van der Waals surface area contributed by atoms with E-state index in [1.807, 2.05) is 32.9 Å². The summed E-state index contributed by atoms with van der Waals surface area (Å²) in [5.74, 6) is 0.0205. The van der Waals surface area contributed by atoms with E-state index in [2.05, 4.69) is 5.32 Å². The van der Waals surface area contributed by atoms with E-state index in [9.17, 15) is 18.8 Å². The van der Waals surface area contributed by atoms with Crippen LogP contribution < -0.4 is 19.7 Å². The van der Waals surface area contributed by atoms with Gasteiger partial charge in [0, 0.05) is 40.9 Å². The zero-order chi connectivity index (χ0) is 31.1. The molecule has 43 heavy (non-hydrogen) atoms. The van der Waals surface area contributed by atoms with E-state index in [4.69, 9.17) is 9.47 Å². The molecule has 0 atom stereocenters. The lowest BCUT2D eigenvalue weighted by molar-refractivity contribution is -0.121. The molecule has 1 amide bonds. The van der Waals surface area contributed by atoms with Crippen molar-refractivity contribution in [2.45, 2.75) is 39.8 Å². The van der Waals surface area contributed by atoms with Gasteiger partial charge in [-0.05, 0) is 63.1 Å². The van der Waals surface area contributed by atoms with Gasteiger partial charge in [-0.3, -0.25) is 14.4 Å². The highest BCUT2D eigenvalue weighted by Gasteiger charge is 2.38. The number of ketones is 2. The number of fused-ring (bicyclic) bond motifs is 1. The van der Waals surface area contributed by atoms with Gasteiger partial charge in [0.05, 0.1) is 18.5 Å².